The molecule has 1 atom stereocenters. The summed E-state index contributed by atoms with van der Waals surface area (Å²) in [6.07, 6.45) is 0.514. The summed E-state index contributed by atoms with van der Waals surface area (Å²) in [4.78, 5) is 53.0. The van der Waals surface area contributed by atoms with Crippen molar-refractivity contribution in [2.75, 3.05) is 5.32 Å². The minimum absolute atomic E-state index is 0.118. The van der Waals surface area contributed by atoms with E-state index in [1.165, 1.54) is 43.3 Å². The number of esters is 1. The lowest BCUT2D eigenvalue weighted by atomic mass is 10.1. The second-order valence-electron chi connectivity index (χ2n) is 7.30. The van der Waals surface area contributed by atoms with E-state index in [1.54, 1.807) is 10.6 Å². The standard InChI is InChI=1S/C22H20N4O5/c1-12(20(28)24-15-7-4-13(5-8-15)19(23)27)31-22(30)14-6-9-16-17(11-14)25-18-3-2-10-26(18)21(16)29/h4-9,11-12H,2-3,10H2,1H3,(H2,23,27)(H,24,28)/t12-/m1/s1. The van der Waals surface area contributed by atoms with Crippen LogP contribution in [0.5, 0.6) is 0 Å². The number of amides is 2. The zero-order valence-corrected chi connectivity index (χ0v) is 16.8. The van der Waals surface area contributed by atoms with E-state index >= 15 is 0 Å². The number of aromatic nitrogens is 2. The Morgan fingerprint density at radius 2 is 1.84 bits per heavy atom. The van der Waals surface area contributed by atoms with Gasteiger partial charge in [0, 0.05) is 24.2 Å². The topological polar surface area (TPSA) is 133 Å². The van der Waals surface area contributed by atoms with Gasteiger partial charge in [0.2, 0.25) is 5.91 Å². The number of aryl methyl sites for hydroxylation is 1. The first-order valence-electron chi connectivity index (χ1n) is 9.78. The number of carbonyl (C=O) groups is 3. The molecule has 158 valence electrons. The van der Waals surface area contributed by atoms with Crippen LogP contribution in [0.2, 0.25) is 0 Å². The Kier molecular flexibility index (Phi) is 5.24. The van der Waals surface area contributed by atoms with Gasteiger partial charge in [-0.15, -0.1) is 0 Å². The van der Waals surface area contributed by atoms with Crippen LogP contribution in [0, 0.1) is 0 Å². The number of rotatable bonds is 5. The van der Waals surface area contributed by atoms with Gasteiger partial charge in [-0.05, 0) is 55.8 Å². The lowest BCUT2D eigenvalue weighted by molar-refractivity contribution is -0.123. The third kappa shape index (κ3) is 4.02. The zero-order chi connectivity index (χ0) is 22.1. The molecule has 4 rings (SSSR count). The Morgan fingerprint density at radius 1 is 1.13 bits per heavy atom. The van der Waals surface area contributed by atoms with Gasteiger partial charge in [-0.25, -0.2) is 9.78 Å². The molecule has 0 spiro atoms. The summed E-state index contributed by atoms with van der Waals surface area (Å²) in [6, 6.07) is 10.6. The minimum Gasteiger partial charge on any atom is -0.449 e. The van der Waals surface area contributed by atoms with Crippen LogP contribution in [0.4, 0.5) is 5.69 Å². The van der Waals surface area contributed by atoms with Gasteiger partial charge in [-0.3, -0.25) is 19.0 Å². The van der Waals surface area contributed by atoms with Crippen molar-refractivity contribution in [3.8, 4) is 0 Å². The molecule has 1 aliphatic heterocycles. The van der Waals surface area contributed by atoms with Gasteiger partial charge in [0.1, 0.15) is 5.82 Å². The third-order valence-corrected chi connectivity index (χ3v) is 5.14. The molecule has 0 saturated carbocycles. The highest BCUT2D eigenvalue weighted by Gasteiger charge is 2.21. The number of nitrogens with one attached hydrogen (secondary N) is 1. The SMILES string of the molecule is C[C@@H](OC(=O)c1ccc2c(=O)n3c(nc2c1)CCC3)C(=O)Nc1ccc(C(N)=O)cc1. The molecule has 0 unspecified atom stereocenters. The molecule has 3 aromatic rings. The number of primary amides is 1. The highest BCUT2D eigenvalue weighted by Crippen LogP contribution is 2.17. The second kappa shape index (κ2) is 8.02. The number of carbonyl (C=O) groups excluding carboxylic acids is 3. The molecule has 2 amide bonds. The monoisotopic (exact) mass is 420 g/mol. The van der Waals surface area contributed by atoms with Crippen molar-refractivity contribution in [1.29, 1.82) is 0 Å². The van der Waals surface area contributed by atoms with Gasteiger partial charge in [0.15, 0.2) is 6.10 Å². The molecule has 1 aliphatic rings. The van der Waals surface area contributed by atoms with Crippen LogP contribution in [0.1, 0.15) is 39.9 Å². The second-order valence-corrected chi connectivity index (χ2v) is 7.30. The van der Waals surface area contributed by atoms with Gasteiger partial charge in [-0.2, -0.15) is 0 Å². The number of hydrogen-bond donors (Lipinski definition) is 2. The molecular weight excluding hydrogens is 400 g/mol. The van der Waals surface area contributed by atoms with E-state index in [0.717, 1.165) is 12.8 Å². The van der Waals surface area contributed by atoms with Crippen molar-refractivity contribution in [2.24, 2.45) is 5.73 Å². The Morgan fingerprint density at radius 3 is 2.55 bits per heavy atom. The third-order valence-electron chi connectivity index (χ3n) is 5.14. The maximum Gasteiger partial charge on any atom is 0.338 e. The average Bonchev–Trinajstić information content (AvgIpc) is 3.22. The molecule has 2 heterocycles. The number of hydrogen-bond acceptors (Lipinski definition) is 6. The summed E-state index contributed by atoms with van der Waals surface area (Å²) >= 11 is 0. The summed E-state index contributed by atoms with van der Waals surface area (Å²) in [7, 11) is 0. The molecule has 31 heavy (non-hydrogen) atoms. The molecule has 1 aromatic heterocycles. The number of anilines is 1. The highest BCUT2D eigenvalue weighted by molar-refractivity contribution is 5.99. The van der Waals surface area contributed by atoms with E-state index in [-0.39, 0.29) is 11.1 Å². The summed E-state index contributed by atoms with van der Waals surface area (Å²) in [5.41, 5.74) is 6.44. The first kappa shape index (κ1) is 20.3. The molecule has 0 aliphatic carbocycles. The molecular formula is C22H20N4O5. The van der Waals surface area contributed by atoms with Crippen LogP contribution in [0.15, 0.2) is 47.3 Å². The minimum atomic E-state index is -1.07. The van der Waals surface area contributed by atoms with Crippen molar-refractivity contribution in [3.63, 3.8) is 0 Å². The van der Waals surface area contributed by atoms with Crippen LogP contribution in [-0.2, 0) is 22.5 Å². The van der Waals surface area contributed by atoms with Gasteiger partial charge in [-0.1, -0.05) is 0 Å². The predicted molar refractivity (Wildman–Crippen MR) is 113 cm³/mol. The fourth-order valence-electron chi connectivity index (χ4n) is 3.45. The quantitative estimate of drug-likeness (QED) is 0.603. The highest BCUT2D eigenvalue weighted by atomic mass is 16.5. The fourth-order valence-corrected chi connectivity index (χ4v) is 3.45. The molecule has 3 N–H and O–H groups in total. The molecule has 9 nitrogen and oxygen atoms in total. The number of fused-ring (bicyclic) bond motifs is 2. The van der Waals surface area contributed by atoms with Crippen molar-refractivity contribution in [2.45, 2.75) is 32.4 Å². The maximum atomic E-state index is 12.5. The molecule has 0 radical (unpaired) electrons. The first-order chi connectivity index (χ1) is 14.8. The van der Waals surface area contributed by atoms with Crippen molar-refractivity contribution >= 4 is 34.4 Å². The predicted octanol–water partition coefficient (Wildman–Crippen LogP) is 1.63. The van der Waals surface area contributed by atoms with Crippen LogP contribution in [0.25, 0.3) is 10.9 Å². The first-order valence-corrected chi connectivity index (χ1v) is 9.78. The van der Waals surface area contributed by atoms with Gasteiger partial charge < -0.3 is 15.8 Å². The maximum absolute atomic E-state index is 12.5. The Balaban J connectivity index is 1.46. The summed E-state index contributed by atoms with van der Waals surface area (Å²) < 4.78 is 6.92. The molecule has 0 saturated heterocycles. The van der Waals surface area contributed by atoms with Gasteiger partial charge in [0.05, 0.1) is 16.5 Å². The van der Waals surface area contributed by atoms with E-state index < -0.39 is 23.9 Å². The van der Waals surface area contributed by atoms with Gasteiger partial charge >= 0.3 is 5.97 Å². The summed E-state index contributed by atoms with van der Waals surface area (Å²) in [5.74, 6) is -1.10. The van der Waals surface area contributed by atoms with E-state index in [0.29, 0.717) is 34.5 Å². The molecule has 0 fully saturated rings. The zero-order valence-electron chi connectivity index (χ0n) is 16.8. The summed E-state index contributed by atoms with van der Waals surface area (Å²) in [6.45, 7) is 2.10. The van der Waals surface area contributed by atoms with E-state index in [2.05, 4.69) is 10.3 Å². The Labute approximate surface area is 176 Å². The summed E-state index contributed by atoms with van der Waals surface area (Å²) in [5, 5.41) is 3.04. The number of benzene rings is 2. The number of nitrogens with two attached hydrogens (primary N) is 1. The van der Waals surface area contributed by atoms with Crippen LogP contribution < -0.4 is 16.6 Å². The number of nitrogens with zero attached hydrogens (tertiary/aromatic N) is 2. The molecule has 2 aromatic carbocycles. The van der Waals surface area contributed by atoms with Crippen molar-refractivity contribution in [1.82, 2.24) is 9.55 Å². The van der Waals surface area contributed by atoms with E-state index in [9.17, 15) is 19.2 Å². The van der Waals surface area contributed by atoms with Crippen molar-refractivity contribution < 1.29 is 19.1 Å². The lowest BCUT2D eigenvalue weighted by Gasteiger charge is -2.14. The normalized spacial score (nSPS) is 13.5. The Bertz CT molecular complexity index is 1260. The smallest absolute Gasteiger partial charge is 0.338 e. The van der Waals surface area contributed by atoms with Crippen molar-refractivity contribution in [3.05, 3.63) is 69.8 Å². The Hall–Kier alpha value is -4.01. The number of ether oxygens (including phenoxy) is 1. The fraction of sp³-hybridized carbons (Fsp3) is 0.227. The van der Waals surface area contributed by atoms with Gasteiger partial charge in [0.25, 0.3) is 11.5 Å². The van der Waals surface area contributed by atoms with E-state index in [1.807, 2.05) is 0 Å². The lowest BCUT2D eigenvalue weighted by Crippen LogP contribution is -2.30. The molecule has 0 bridgehead atoms. The average molecular weight is 420 g/mol. The van der Waals surface area contributed by atoms with Crippen LogP contribution in [0.3, 0.4) is 0 Å². The van der Waals surface area contributed by atoms with Crippen LogP contribution >= 0.6 is 0 Å². The van der Waals surface area contributed by atoms with E-state index in [4.69, 9.17) is 10.5 Å². The largest absolute Gasteiger partial charge is 0.449 e. The van der Waals surface area contributed by atoms with Crippen LogP contribution in [-0.4, -0.2) is 33.4 Å². The molecule has 9 heteroatoms.